The van der Waals surface area contributed by atoms with Crippen molar-refractivity contribution < 1.29 is 4.74 Å². The van der Waals surface area contributed by atoms with Gasteiger partial charge in [-0.25, -0.2) is 14.5 Å². The maximum Gasteiger partial charge on any atom is 0.155 e. The van der Waals surface area contributed by atoms with Crippen molar-refractivity contribution in [3.63, 3.8) is 0 Å². The van der Waals surface area contributed by atoms with Crippen LogP contribution >= 0.6 is 23.4 Å². The zero-order valence-corrected chi connectivity index (χ0v) is 19.2. The SMILES string of the molecule is Cc1nc(N2CCC3(CC2)CO[C@@H](C)C3N)c2ccnn2c1Sc1ccnc(N)c1Cl. The second-order valence-corrected chi connectivity index (χ2v) is 9.86. The average molecular weight is 460 g/mol. The lowest BCUT2D eigenvalue weighted by Crippen LogP contribution is -2.50. The van der Waals surface area contributed by atoms with E-state index in [4.69, 9.17) is 32.8 Å². The van der Waals surface area contributed by atoms with Gasteiger partial charge in [0, 0.05) is 35.6 Å². The molecule has 2 fully saturated rings. The fourth-order valence-corrected chi connectivity index (χ4v) is 5.85. The monoisotopic (exact) mass is 459 g/mol. The number of halogens is 1. The molecule has 164 valence electrons. The van der Waals surface area contributed by atoms with E-state index in [1.807, 2.05) is 23.6 Å². The van der Waals surface area contributed by atoms with Gasteiger partial charge in [-0.2, -0.15) is 5.10 Å². The Morgan fingerprint density at radius 3 is 2.74 bits per heavy atom. The van der Waals surface area contributed by atoms with Crippen LogP contribution in [0.4, 0.5) is 11.6 Å². The summed E-state index contributed by atoms with van der Waals surface area (Å²) in [5.74, 6) is 1.27. The van der Waals surface area contributed by atoms with Crippen molar-refractivity contribution in [2.45, 2.75) is 48.8 Å². The Hall–Kier alpha value is -2.07. The Kier molecular flexibility index (Phi) is 5.24. The Labute approximate surface area is 190 Å². The first-order chi connectivity index (χ1) is 14.9. The summed E-state index contributed by atoms with van der Waals surface area (Å²) in [5.41, 5.74) is 14.3. The number of anilines is 2. The molecule has 0 aliphatic carbocycles. The number of hydrogen-bond donors (Lipinski definition) is 2. The van der Waals surface area contributed by atoms with Gasteiger partial charge in [-0.15, -0.1) is 0 Å². The van der Waals surface area contributed by atoms with Crippen LogP contribution in [0.3, 0.4) is 0 Å². The summed E-state index contributed by atoms with van der Waals surface area (Å²) in [6.45, 7) is 6.63. The van der Waals surface area contributed by atoms with Crippen molar-refractivity contribution in [3.8, 4) is 0 Å². The topological polar surface area (TPSA) is 108 Å². The molecular weight excluding hydrogens is 434 g/mol. The predicted octanol–water partition coefficient (Wildman–Crippen LogP) is 3.15. The zero-order valence-electron chi connectivity index (χ0n) is 17.6. The molecule has 1 spiro atoms. The van der Waals surface area contributed by atoms with Crippen molar-refractivity contribution >= 4 is 40.5 Å². The molecule has 31 heavy (non-hydrogen) atoms. The molecule has 0 bridgehead atoms. The van der Waals surface area contributed by atoms with Gasteiger partial charge in [0.25, 0.3) is 0 Å². The van der Waals surface area contributed by atoms with Crippen LogP contribution in [0.15, 0.2) is 34.4 Å². The van der Waals surface area contributed by atoms with Crippen LogP contribution in [0.1, 0.15) is 25.5 Å². The first-order valence-corrected chi connectivity index (χ1v) is 11.6. The van der Waals surface area contributed by atoms with Gasteiger partial charge >= 0.3 is 0 Å². The highest BCUT2D eigenvalue weighted by atomic mass is 35.5. The number of fused-ring (bicyclic) bond motifs is 1. The van der Waals surface area contributed by atoms with Crippen molar-refractivity contribution in [1.29, 1.82) is 0 Å². The number of aryl methyl sites for hydroxylation is 1. The van der Waals surface area contributed by atoms with E-state index in [0.29, 0.717) is 10.8 Å². The number of rotatable bonds is 3. The lowest BCUT2D eigenvalue weighted by Gasteiger charge is -2.41. The van der Waals surface area contributed by atoms with E-state index in [2.05, 4.69) is 21.9 Å². The fourth-order valence-electron chi connectivity index (χ4n) is 4.66. The first-order valence-electron chi connectivity index (χ1n) is 10.4. The van der Waals surface area contributed by atoms with Gasteiger partial charge in [-0.3, -0.25) is 0 Å². The molecule has 3 aromatic rings. The fraction of sp³-hybridized carbons (Fsp3) is 0.476. The average Bonchev–Trinajstić information content (AvgIpc) is 3.35. The number of nitrogen functional groups attached to an aromatic ring is 1. The number of pyridine rings is 1. The largest absolute Gasteiger partial charge is 0.382 e. The summed E-state index contributed by atoms with van der Waals surface area (Å²) in [7, 11) is 0. The van der Waals surface area contributed by atoms with Crippen LogP contribution < -0.4 is 16.4 Å². The minimum absolute atomic E-state index is 0.0787. The second-order valence-electron chi connectivity index (χ2n) is 8.46. The minimum Gasteiger partial charge on any atom is -0.382 e. The van der Waals surface area contributed by atoms with E-state index in [-0.39, 0.29) is 17.6 Å². The van der Waals surface area contributed by atoms with Gasteiger partial charge in [0.15, 0.2) is 5.82 Å². The highest BCUT2D eigenvalue weighted by Crippen LogP contribution is 2.43. The second kappa shape index (κ2) is 7.81. The molecule has 0 amide bonds. The highest BCUT2D eigenvalue weighted by Gasteiger charge is 2.47. The van der Waals surface area contributed by atoms with Crippen molar-refractivity contribution in [3.05, 3.63) is 35.2 Å². The summed E-state index contributed by atoms with van der Waals surface area (Å²) >= 11 is 7.86. The van der Waals surface area contributed by atoms with Crippen LogP contribution in [0.25, 0.3) is 5.52 Å². The van der Waals surface area contributed by atoms with Crippen LogP contribution in [-0.4, -0.2) is 51.4 Å². The smallest absolute Gasteiger partial charge is 0.155 e. The highest BCUT2D eigenvalue weighted by molar-refractivity contribution is 7.99. The Balaban J connectivity index is 1.45. The van der Waals surface area contributed by atoms with Gasteiger partial charge in [0.05, 0.1) is 29.6 Å². The van der Waals surface area contributed by atoms with E-state index in [9.17, 15) is 0 Å². The number of nitrogens with zero attached hydrogens (tertiary/aromatic N) is 5. The minimum atomic E-state index is 0.0787. The molecule has 2 aliphatic rings. The summed E-state index contributed by atoms with van der Waals surface area (Å²) in [6.07, 6.45) is 5.59. The lowest BCUT2D eigenvalue weighted by atomic mass is 9.73. The zero-order chi connectivity index (χ0) is 21.8. The van der Waals surface area contributed by atoms with Crippen LogP contribution in [-0.2, 0) is 4.74 Å². The third-order valence-electron chi connectivity index (χ3n) is 6.64. The molecular formula is C21H26ClN7OS. The van der Waals surface area contributed by atoms with E-state index in [1.165, 1.54) is 11.8 Å². The molecule has 10 heteroatoms. The molecule has 5 heterocycles. The van der Waals surface area contributed by atoms with Gasteiger partial charge in [0.1, 0.15) is 16.4 Å². The van der Waals surface area contributed by atoms with E-state index in [0.717, 1.165) is 59.5 Å². The molecule has 1 unspecified atom stereocenters. The summed E-state index contributed by atoms with van der Waals surface area (Å²) in [6, 6.07) is 3.95. The quantitative estimate of drug-likeness (QED) is 0.615. The number of aromatic nitrogens is 4. The maximum atomic E-state index is 6.49. The third kappa shape index (κ3) is 3.44. The predicted molar refractivity (Wildman–Crippen MR) is 123 cm³/mol. The summed E-state index contributed by atoms with van der Waals surface area (Å²) < 4.78 is 7.80. The molecule has 2 saturated heterocycles. The standard InChI is InChI=1S/C21H26ClN7OS/c1-12-20(31-15-4-7-25-18(24)16(15)22)29-14(3-8-26-29)19(27-12)28-9-5-21(6-10-28)11-30-13(2)17(21)23/h3-4,7-8,13,17H,5-6,9-11,23H2,1-2H3,(H2,24,25)/t13-,17?/m0/s1. The summed E-state index contributed by atoms with van der Waals surface area (Å²) in [4.78, 5) is 12.2. The number of hydrogen-bond acceptors (Lipinski definition) is 8. The Morgan fingerprint density at radius 2 is 2.03 bits per heavy atom. The van der Waals surface area contributed by atoms with Crippen molar-refractivity contribution in [2.75, 3.05) is 30.3 Å². The molecule has 3 aromatic heterocycles. The molecule has 4 N–H and O–H groups in total. The molecule has 0 aromatic carbocycles. The lowest BCUT2D eigenvalue weighted by molar-refractivity contribution is 0.0974. The van der Waals surface area contributed by atoms with Gasteiger partial charge < -0.3 is 21.1 Å². The number of nitrogens with two attached hydrogens (primary N) is 2. The molecule has 8 nitrogen and oxygen atoms in total. The Bertz CT molecular complexity index is 1130. The molecule has 0 radical (unpaired) electrons. The van der Waals surface area contributed by atoms with E-state index in [1.54, 1.807) is 12.4 Å². The van der Waals surface area contributed by atoms with Gasteiger partial charge in [-0.1, -0.05) is 23.4 Å². The number of ether oxygens (including phenoxy) is 1. The van der Waals surface area contributed by atoms with Crippen molar-refractivity contribution in [2.24, 2.45) is 11.1 Å². The van der Waals surface area contributed by atoms with Crippen LogP contribution in [0.2, 0.25) is 5.02 Å². The third-order valence-corrected chi connectivity index (χ3v) is 8.37. The van der Waals surface area contributed by atoms with E-state index >= 15 is 0 Å². The maximum absolute atomic E-state index is 6.49. The van der Waals surface area contributed by atoms with E-state index < -0.39 is 0 Å². The molecule has 0 saturated carbocycles. The molecule has 5 rings (SSSR count). The van der Waals surface area contributed by atoms with Gasteiger partial charge in [0.2, 0.25) is 0 Å². The number of piperidine rings is 1. The van der Waals surface area contributed by atoms with Crippen molar-refractivity contribution in [1.82, 2.24) is 19.6 Å². The normalized spacial score (nSPS) is 23.2. The molecule has 2 atom stereocenters. The molecule has 2 aliphatic heterocycles. The van der Waals surface area contributed by atoms with Gasteiger partial charge in [-0.05, 0) is 38.8 Å². The Morgan fingerprint density at radius 1 is 1.26 bits per heavy atom. The van der Waals surface area contributed by atoms with Crippen LogP contribution in [0, 0.1) is 12.3 Å². The van der Waals surface area contributed by atoms with Crippen LogP contribution in [0.5, 0.6) is 0 Å². The first kappa shape index (κ1) is 20.8. The summed E-state index contributed by atoms with van der Waals surface area (Å²) in [5, 5.41) is 5.93.